The molecule has 0 fully saturated rings. The molecule has 8 nitrogen and oxygen atoms in total. The fourth-order valence-corrected chi connectivity index (χ4v) is 3.46. The number of para-hydroxylation sites is 1. The number of hydrogen-bond acceptors (Lipinski definition) is 5. The summed E-state index contributed by atoms with van der Waals surface area (Å²) in [6.07, 6.45) is 0. The van der Waals surface area contributed by atoms with Gasteiger partial charge in [-0.25, -0.2) is 4.68 Å². The average Bonchev–Trinajstić information content (AvgIpc) is 2.97. The maximum Gasteiger partial charge on any atom is 0.295 e. The topological polar surface area (TPSA) is 86.5 Å². The number of carbonyl (C=O) groups is 1. The van der Waals surface area contributed by atoms with E-state index in [9.17, 15) is 9.59 Å². The number of methoxy groups -OCH3 is 2. The first kappa shape index (κ1) is 22.3. The van der Waals surface area contributed by atoms with Crippen LogP contribution in [0, 0.1) is 6.92 Å². The zero-order valence-electron chi connectivity index (χ0n) is 18.0. The van der Waals surface area contributed by atoms with Crippen LogP contribution in [-0.2, 0) is 11.8 Å². The highest BCUT2D eigenvalue weighted by Crippen LogP contribution is 2.36. The van der Waals surface area contributed by atoms with E-state index >= 15 is 0 Å². The van der Waals surface area contributed by atoms with E-state index in [4.69, 9.17) is 21.1 Å². The number of amides is 1. The Hall–Kier alpha value is -3.39. The minimum atomic E-state index is -0.678. The number of hydrogen-bond donors (Lipinski definition) is 2. The molecule has 3 aromatic rings. The van der Waals surface area contributed by atoms with Crippen LogP contribution >= 0.6 is 11.6 Å². The summed E-state index contributed by atoms with van der Waals surface area (Å²) in [5.41, 5.74) is 1.80. The molecule has 1 heterocycles. The third kappa shape index (κ3) is 4.39. The predicted molar refractivity (Wildman–Crippen MR) is 122 cm³/mol. The summed E-state index contributed by atoms with van der Waals surface area (Å²) in [6.45, 7) is 3.46. The van der Waals surface area contributed by atoms with Crippen molar-refractivity contribution in [3.63, 3.8) is 0 Å². The van der Waals surface area contributed by atoms with Gasteiger partial charge in [0.2, 0.25) is 5.91 Å². The van der Waals surface area contributed by atoms with E-state index in [2.05, 4.69) is 10.6 Å². The first-order chi connectivity index (χ1) is 14.8. The van der Waals surface area contributed by atoms with Crippen LogP contribution in [-0.4, -0.2) is 35.5 Å². The molecule has 0 saturated carbocycles. The van der Waals surface area contributed by atoms with Crippen LogP contribution in [0.2, 0.25) is 5.02 Å². The number of rotatable bonds is 7. The van der Waals surface area contributed by atoms with Crippen molar-refractivity contribution in [3.05, 3.63) is 63.5 Å². The van der Waals surface area contributed by atoms with E-state index < -0.39 is 6.04 Å². The van der Waals surface area contributed by atoms with E-state index in [0.717, 1.165) is 0 Å². The van der Waals surface area contributed by atoms with Crippen molar-refractivity contribution in [2.45, 2.75) is 19.9 Å². The predicted octanol–water partition coefficient (Wildman–Crippen LogP) is 3.59. The van der Waals surface area contributed by atoms with Gasteiger partial charge in [0.25, 0.3) is 5.56 Å². The standard InChI is InChI=1S/C22H25ClN4O4/c1-13(24-17-11-16(23)18(30-4)12-19(17)31-5)21(28)25-20-14(2)26(3)27(22(20)29)15-9-7-6-8-10-15/h6-13,24H,1-5H3,(H,25,28). The number of aromatic nitrogens is 2. The highest BCUT2D eigenvalue weighted by molar-refractivity contribution is 6.32. The van der Waals surface area contributed by atoms with Crippen molar-refractivity contribution >= 4 is 28.9 Å². The average molecular weight is 445 g/mol. The van der Waals surface area contributed by atoms with Gasteiger partial charge in [-0.05, 0) is 32.0 Å². The Bertz CT molecular complexity index is 1150. The molecule has 9 heteroatoms. The normalized spacial score (nSPS) is 11.7. The number of halogens is 1. The molecule has 2 N–H and O–H groups in total. The fraction of sp³-hybridized carbons (Fsp3) is 0.273. The van der Waals surface area contributed by atoms with Crippen LogP contribution in [0.15, 0.2) is 47.3 Å². The highest BCUT2D eigenvalue weighted by atomic mass is 35.5. The van der Waals surface area contributed by atoms with Crippen molar-refractivity contribution in [2.24, 2.45) is 7.05 Å². The molecule has 1 aromatic heterocycles. The van der Waals surface area contributed by atoms with Gasteiger partial charge in [0, 0.05) is 13.1 Å². The number of carbonyl (C=O) groups excluding carboxylic acids is 1. The molecule has 1 atom stereocenters. The van der Waals surface area contributed by atoms with E-state index in [0.29, 0.717) is 33.6 Å². The first-order valence-electron chi connectivity index (χ1n) is 9.61. The molecule has 31 heavy (non-hydrogen) atoms. The van der Waals surface area contributed by atoms with Gasteiger partial charge in [0.15, 0.2) is 0 Å². The molecule has 0 spiro atoms. The van der Waals surface area contributed by atoms with Gasteiger partial charge in [0.05, 0.1) is 36.3 Å². The van der Waals surface area contributed by atoms with Crippen molar-refractivity contribution < 1.29 is 14.3 Å². The van der Waals surface area contributed by atoms with Crippen LogP contribution in [0.4, 0.5) is 11.4 Å². The van der Waals surface area contributed by atoms with Gasteiger partial charge < -0.3 is 20.1 Å². The Kier molecular flexibility index (Phi) is 6.60. The fourth-order valence-electron chi connectivity index (χ4n) is 3.22. The lowest BCUT2D eigenvalue weighted by Gasteiger charge is -2.18. The molecule has 164 valence electrons. The molecule has 0 aliphatic carbocycles. The van der Waals surface area contributed by atoms with Gasteiger partial charge in [-0.3, -0.25) is 14.3 Å². The lowest BCUT2D eigenvalue weighted by Crippen LogP contribution is -2.34. The number of nitrogens with zero attached hydrogens (tertiary/aromatic N) is 2. The number of nitrogens with one attached hydrogen (secondary N) is 2. The smallest absolute Gasteiger partial charge is 0.295 e. The summed E-state index contributed by atoms with van der Waals surface area (Å²) >= 11 is 6.20. The molecule has 0 aliphatic heterocycles. The molecule has 0 radical (unpaired) electrons. The molecule has 2 aromatic carbocycles. The molecule has 0 saturated heterocycles. The Labute approximate surface area is 185 Å². The molecule has 1 amide bonds. The van der Waals surface area contributed by atoms with Crippen LogP contribution in [0.5, 0.6) is 11.5 Å². The summed E-state index contributed by atoms with van der Waals surface area (Å²) in [4.78, 5) is 25.9. The number of ether oxygens (including phenoxy) is 2. The number of benzene rings is 2. The minimum absolute atomic E-state index is 0.227. The summed E-state index contributed by atoms with van der Waals surface area (Å²) in [5, 5.41) is 6.20. The minimum Gasteiger partial charge on any atom is -0.495 e. The third-order valence-corrected chi connectivity index (χ3v) is 5.34. The lowest BCUT2D eigenvalue weighted by molar-refractivity contribution is -0.116. The van der Waals surface area contributed by atoms with Crippen LogP contribution in [0.25, 0.3) is 5.69 Å². The van der Waals surface area contributed by atoms with Gasteiger partial charge in [0.1, 0.15) is 23.2 Å². The van der Waals surface area contributed by atoms with Crippen LogP contribution < -0.4 is 25.7 Å². The van der Waals surface area contributed by atoms with E-state index in [-0.39, 0.29) is 17.2 Å². The molecule has 0 bridgehead atoms. The Balaban J connectivity index is 1.84. The first-order valence-corrected chi connectivity index (χ1v) is 9.99. The Morgan fingerprint density at radius 3 is 2.35 bits per heavy atom. The maximum absolute atomic E-state index is 13.0. The molecule has 1 unspecified atom stereocenters. The summed E-state index contributed by atoms with van der Waals surface area (Å²) < 4.78 is 13.8. The third-order valence-electron chi connectivity index (χ3n) is 5.04. The second-order valence-electron chi connectivity index (χ2n) is 6.98. The SMILES string of the molecule is COc1cc(OC)c(NC(C)C(=O)Nc2c(C)n(C)n(-c3ccccc3)c2=O)cc1Cl. The van der Waals surface area contributed by atoms with Gasteiger partial charge >= 0.3 is 0 Å². The van der Waals surface area contributed by atoms with Crippen LogP contribution in [0.3, 0.4) is 0 Å². The zero-order chi connectivity index (χ0) is 22.7. The monoisotopic (exact) mass is 444 g/mol. The van der Waals surface area contributed by atoms with E-state index in [1.165, 1.54) is 18.9 Å². The number of anilines is 2. The second kappa shape index (κ2) is 9.18. The van der Waals surface area contributed by atoms with E-state index in [1.54, 1.807) is 37.7 Å². The zero-order valence-corrected chi connectivity index (χ0v) is 18.8. The van der Waals surface area contributed by atoms with Crippen molar-refractivity contribution in [1.29, 1.82) is 0 Å². The lowest BCUT2D eigenvalue weighted by atomic mass is 10.2. The quantitative estimate of drug-likeness (QED) is 0.581. The summed E-state index contributed by atoms with van der Waals surface area (Å²) in [5.74, 6) is 0.561. The highest BCUT2D eigenvalue weighted by Gasteiger charge is 2.22. The van der Waals surface area contributed by atoms with Gasteiger partial charge in [-0.1, -0.05) is 29.8 Å². The van der Waals surface area contributed by atoms with E-state index in [1.807, 2.05) is 30.3 Å². The molecular weight excluding hydrogens is 420 g/mol. The molecule has 3 rings (SSSR count). The van der Waals surface area contributed by atoms with Crippen molar-refractivity contribution in [1.82, 2.24) is 9.36 Å². The largest absolute Gasteiger partial charge is 0.495 e. The Morgan fingerprint density at radius 2 is 1.74 bits per heavy atom. The summed E-state index contributed by atoms with van der Waals surface area (Å²) in [7, 11) is 4.79. The summed E-state index contributed by atoms with van der Waals surface area (Å²) in [6, 6.07) is 11.8. The second-order valence-corrected chi connectivity index (χ2v) is 7.39. The van der Waals surface area contributed by atoms with Crippen molar-refractivity contribution in [2.75, 3.05) is 24.9 Å². The van der Waals surface area contributed by atoms with Crippen molar-refractivity contribution in [3.8, 4) is 17.2 Å². The van der Waals surface area contributed by atoms with Gasteiger partial charge in [-0.15, -0.1) is 0 Å². The molecule has 0 aliphatic rings. The Morgan fingerprint density at radius 1 is 1.10 bits per heavy atom. The van der Waals surface area contributed by atoms with Gasteiger partial charge in [-0.2, -0.15) is 0 Å². The maximum atomic E-state index is 13.0. The van der Waals surface area contributed by atoms with Crippen LogP contribution in [0.1, 0.15) is 12.6 Å². The molecular formula is C22H25ClN4O4.